The van der Waals surface area contributed by atoms with Gasteiger partial charge in [0.2, 0.25) is 9.05 Å². The van der Waals surface area contributed by atoms with E-state index in [1.165, 1.54) is 0 Å². The van der Waals surface area contributed by atoms with Crippen molar-refractivity contribution < 1.29 is 21.6 Å². The Labute approximate surface area is 106 Å². The number of ether oxygens (including phenoxy) is 1. The number of rotatable bonds is 2. The molecule has 0 N–H and O–H groups in total. The second-order valence-electron chi connectivity index (χ2n) is 4.94. The van der Waals surface area contributed by atoms with Gasteiger partial charge in [0, 0.05) is 17.3 Å². The Morgan fingerprint density at radius 2 is 2.12 bits per heavy atom. The number of hydrogen-bond donors (Lipinski definition) is 0. The van der Waals surface area contributed by atoms with Crippen molar-refractivity contribution in [1.82, 2.24) is 0 Å². The quantitative estimate of drug-likeness (QED) is 0.696. The Morgan fingerprint density at radius 3 is 2.65 bits per heavy atom. The third-order valence-corrected chi connectivity index (χ3v) is 6.42. The van der Waals surface area contributed by atoms with Crippen LogP contribution >= 0.6 is 10.7 Å². The van der Waals surface area contributed by atoms with E-state index < -0.39 is 24.5 Å². The van der Waals surface area contributed by atoms with Crippen molar-refractivity contribution in [2.24, 2.45) is 5.92 Å². The minimum absolute atomic E-state index is 0.0127. The number of sulfone groups is 1. The van der Waals surface area contributed by atoms with Crippen LogP contribution in [0.2, 0.25) is 0 Å². The van der Waals surface area contributed by atoms with Gasteiger partial charge in [-0.1, -0.05) is 0 Å². The molecule has 2 heterocycles. The topological polar surface area (TPSA) is 77.5 Å². The third kappa shape index (κ3) is 3.56. The highest BCUT2D eigenvalue weighted by atomic mass is 35.7. The Balaban J connectivity index is 2.08. The molecule has 5 nitrogen and oxygen atoms in total. The molecule has 2 aliphatic rings. The highest BCUT2D eigenvalue weighted by Gasteiger charge is 2.46. The van der Waals surface area contributed by atoms with E-state index in [0.29, 0.717) is 25.9 Å². The minimum atomic E-state index is -3.53. The van der Waals surface area contributed by atoms with Crippen LogP contribution in [-0.2, 0) is 23.6 Å². The van der Waals surface area contributed by atoms with E-state index in [1.54, 1.807) is 0 Å². The lowest BCUT2D eigenvalue weighted by atomic mass is 9.86. The molecule has 2 rings (SSSR count). The van der Waals surface area contributed by atoms with Crippen LogP contribution in [0.5, 0.6) is 0 Å². The second kappa shape index (κ2) is 4.36. The van der Waals surface area contributed by atoms with Gasteiger partial charge in [-0.3, -0.25) is 0 Å². The summed E-state index contributed by atoms with van der Waals surface area (Å²) in [4.78, 5) is 0. The van der Waals surface area contributed by atoms with Crippen LogP contribution in [0.3, 0.4) is 0 Å². The lowest BCUT2D eigenvalue weighted by Crippen LogP contribution is -2.42. The zero-order chi connectivity index (χ0) is 12.7. The van der Waals surface area contributed by atoms with E-state index >= 15 is 0 Å². The van der Waals surface area contributed by atoms with Crippen LogP contribution < -0.4 is 0 Å². The molecule has 100 valence electrons. The van der Waals surface area contributed by atoms with E-state index in [0.717, 1.165) is 0 Å². The first-order valence-corrected chi connectivity index (χ1v) is 9.77. The highest BCUT2D eigenvalue weighted by molar-refractivity contribution is 8.13. The van der Waals surface area contributed by atoms with Crippen LogP contribution in [0.4, 0.5) is 0 Å². The lowest BCUT2D eigenvalue weighted by molar-refractivity contribution is -0.0759. The first-order valence-electron chi connectivity index (χ1n) is 5.47. The van der Waals surface area contributed by atoms with Gasteiger partial charge in [0.15, 0.2) is 9.84 Å². The van der Waals surface area contributed by atoms with Crippen molar-refractivity contribution in [2.45, 2.75) is 24.9 Å². The van der Waals surface area contributed by atoms with E-state index in [2.05, 4.69) is 0 Å². The maximum absolute atomic E-state index is 11.5. The first kappa shape index (κ1) is 13.6. The van der Waals surface area contributed by atoms with Gasteiger partial charge in [-0.25, -0.2) is 16.8 Å². The van der Waals surface area contributed by atoms with Crippen LogP contribution in [0.25, 0.3) is 0 Å². The molecule has 2 saturated heterocycles. The van der Waals surface area contributed by atoms with E-state index in [9.17, 15) is 16.8 Å². The zero-order valence-corrected chi connectivity index (χ0v) is 11.7. The first-order chi connectivity index (χ1) is 7.70. The Hall–Kier alpha value is 0.150. The fourth-order valence-corrected chi connectivity index (χ4v) is 6.07. The van der Waals surface area contributed by atoms with Crippen LogP contribution in [0.15, 0.2) is 0 Å². The van der Waals surface area contributed by atoms with E-state index in [4.69, 9.17) is 15.4 Å². The number of halogens is 1. The molecule has 0 saturated carbocycles. The molecule has 0 amide bonds. The normalized spacial score (nSPS) is 37.4. The smallest absolute Gasteiger partial charge is 0.232 e. The van der Waals surface area contributed by atoms with Crippen molar-refractivity contribution in [1.29, 1.82) is 0 Å². The summed E-state index contributed by atoms with van der Waals surface area (Å²) in [7, 11) is -1.33. The van der Waals surface area contributed by atoms with Crippen molar-refractivity contribution in [2.75, 3.05) is 23.9 Å². The molecular formula is C9H15ClO5S2. The van der Waals surface area contributed by atoms with E-state index in [1.807, 2.05) is 0 Å². The molecule has 0 aromatic carbocycles. The standard InChI is InChI=1S/C9H15ClO5S2/c10-17(13,14)6-8-1-3-15-9(5-8)2-4-16(11,12)7-9/h8H,1-7H2. The fraction of sp³-hybridized carbons (Fsp3) is 1.00. The largest absolute Gasteiger partial charge is 0.374 e. The van der Waals surface area contributed by atoms with Gasteiger partial charge in [0.1, 0.15) is 0 Å². The molecule has 17 heavy (non-hydrogen) atoms. The van der Waals surface area contributed by atoms with Gasteiger partial charge >= 0.3 is 0 Å². The summed E-state index contributed by atoms with van der Waals surface area (Å²) in [6, 6.07) is 0. The SMILES string of the molecule is O=S(=O)(Cl)CC1CCOC2(CCS(=O)(=O)C2)C1. The van der Waals surface area contributed by atoms with Crippen molar-refractivity contribution in [3.63, 3.8) is 0 Å². The summed E-state index contributed by atoms with van der Waals surface area (Å²) in [5.41, 5.74) is -0.663. The third-order valence-electron chi connectivity index (χ3n) is 3.38. The molecule has 2 atom stereocenters. The maximum atomic E-state index is 11.5. The summed E-state index contributed by atoms with van der Waals surface area (Å²) in [5.74, 6) is -0.0501. The molecule has 0 aromatic rings. The van der Waals surface area contributed by atoms with Crippen LogP contribution in [0.1, 0.15) is 19.3 Å². The average molecular weight is 303 g/mol. The molecule has 8 heteroatoms. The van der Waals surface area contributed by atoms with Crippen molar-refractivity contribution in [3.8, 4) is 0 Å². The molecule has 2 unspecified atom stereocenters. The highest BCUT2D eigenvalue weighted by Crippen LogP contribution is 2.38. The van der Waals surface area contributed by atoms with Gasteiger partial charge in [0.05, 0.1) is 22.9 Å². The molecule has 2 aliphatic heterocycles. The Morgan fingerprint density at radius 1 is 1.41 bits per heavy atom. The van der Waals surface area contributed by atoms with Crippen LogP contribution in [-0.4, -0.2) is 46.3 Å². The van der Waals surface area contributed by atoms with Crippen LogP contribution in [0, 0.1) is 5.92 Å². The van der Waals surface area contributed by atoms with Gasteiger partial charge in [0.25, 0.3) is 0 Å². The Kier molecular flexibility index (Phi) is 3.48. The lowest BCUT2D eigenvalue weighted by Gasteiger charge is -2.36. The van der Waals surface area contributed by atoms with Crippen molar-refractivity contribution in [3.05, 3.63) is 0 Å². The molecular weight excluding hydrogens is 288 g/mol. The minimum Gasteiger partial charge on any atom is -0.374 e. The van der Waals surface area contributed by atoms with Gasteiger partial charge in [-0.15, -0.1) is 0 Å². The molecule has 0 radical (unpaired) electrons. The molecule has 0 aliphatic carbocycles. The van der Waals surface area contributed by atoms with E-state index in [-0.39, 0.29) is 23.2 Å². The molecule has 2 fully saturated rings. The summed E-state index contributed by atoms with van der Waals surface area (Å²) < 4.78 is 50.6. The molecule has 1 spiro atoms. The predicted octanol–water partition coefficient (Wildman–Crippen LogP) is 0.539. The van der Waals surface area contributed by atoms with Gasteiger partial charge < -0.3 is 4.74 Å². The average Bonchev–Trinajstić information content (AvgIpc) is 2.38. The zero-order valence-electron chi connectivity index (χ0n) is 9.26. The molecule has 0 bridgehead atoms. The number of hydrogen-bond acceptors (Lipinski definition) is 5. The van der Waals surface area contributed by atoms with Gasteiger partial charge in [-0.05, 0) is 25.2 Å². The second-order valence-corrected chi connectivity index (χ2v) is 9.94. The summed E-state index contributed by atoms with van der Waals surface area (Å²) >= 11 is 0. The predicted molar refractivity (Wildman–Crippen MR) is 64.3 cm³/mol. The summed E-state index contributed by atoms with van der Waals surface area (Å²) in [5, 5.41) is 0. The Bertz CT molecular complexity index is 497. The maximum Gasteiger partial charge on any atom is 0.232 e. The monoisotopic (exact) mass is 302 g/mol. The summed E-state index contributed by atoms with van der Waals surface area (Å²) in [6.07, 6.45) is 1.56. The van der Waals surface area contributed by atoms with Gasteiger partial charge in [-0.2, -0.15) is 0 Å². The van der Waals surface area contributed by atoms with Crippen molar-refractivity contribution >= 4 is 29.6 Å². The fourth-order valence-electron chi connectivity index (χ4n) is 2.71. The molecule has 0 aromatic heterocycles. The summed E-state index contributed by atoms with van der Waals surface area (Å²) in [6.45, 7) is 0.409.